The highest BCUT2D eigenvalue weighted by Crippen LogP contribution is 2.32. The van der Waals surface area contributed by atoms with Gasteiger partial charge in [0.15, 0.2) is 5.78 Å². The second-order valence-corrected chi connectivity index (χ2v) is 7.80. The summed E-state index contributed by atoms with van der Waals surface area (Å²) in [7, 11) is 2.06. The van der Waals surface area contributed by atoms with Gasteiger partial charge >= 0.3 is 0 Å². The van der Waals surface area contributed by atoms with Gasteiger partial charge in [-0.05, 0) is 49.9 Å². The molecule has 0 saturated carbocycles. The smallest absolute Gasteiger partial charge is 0.222 e. The van der Waals surface area contributed by atoms with Crippen molar-refractivity contribution in [1.82, 2.24) is 14.9 Å². The highest BCUT2D eigenvalue weighted by atomic mass is 19.1. The van der Waals surface area contributed by atoms with Crippen LogP contribution < -0.4 is 10.6 Å². The van der Waals surface area contributed by atoms with Crippen LogP contribution in [-0.2, 0) is 0 Å². The van der Waals surface area contributed by atoms with Crippen LogP contribution in [0, 0.1) is 12.7 Å². The quantitative estimate of drug-likeness (QED) is 0.626. The first-order chi connectivity index (χ1) is 14.8. The van der Waals surface area contributed by atoms with Crippen LogP contribution in [-0.4, -0.2) is 59.0 Å². The number of aryl methyl sites for hydroxylation is 1. The Morgan fingerprint density at radius 1 is 1.06 bits per heavy atom. The predicted octanol–water partition coefficient (Wildman–Crippen LogP) is 2.86. The van der Waals surface area contributed by atoms with Crippen LogP contribution in [0.3, 0.4) is 0 Å². The molecule has 8 heteroatoms. The zero-order chi connectivity index (χ0) is 22.1. The number of rotatable bonds is 4. The van der Waals surface area contributed by atoms with Crippen LogP contribution >= 0.6 is 0 Å². The Balaban J connectivity index is 1.71. The van der Waals surface area contributed by atoms with Gasteiger partial charge in [0.25, 0.3) is 0 Å². The number of aromatic nitrogens is 2. The van der Waals surface area contributed by atoms with Crippen molar-refractivity contribution in [2.45, 2.75) is 6.92 Å². The highest BCUT2D eigenvalue weighted by Gasteiger charge is 2.20. The molecule has 1 aromatic heterocycles. The molecular weight excluding hydrogens is 397 g/mol. The standard InChI is InChI=1S/C23H24FN5O2/c1-14-3-5-16(18(24)11-14)22(31)15-4-6-20(30)17(12-15)19-13-21(27-23(25)26-19)29-9-7-28(2)8-10-29/h3-6,11-13,30H,7-10H2,1-2H3,(H2,25,26,27). The number of carbonyl (C=O) groups excluding carboxylic acids is 1. The monoisotopic (exact) mass is 421 g/mol. The van der Waals surface area contributed by atoms with Crippen molar-refractivity contribution in [3.8, 4) is 17.0 Å². The van der Waals surface area contributed by atoms with E-state index in [2.05, 4.69) is 26.8 Å². The Morgan fingerprint density at radius 2 is 1.81 bits per heavy atom. The normalized spacial score (nSPS) is 14.6. The molecule has 0 bridgehead atoms. The average molecular weight is 421 g/mol. The summed E-state index contributed by atoms with van der Waals surface area (Å²) in [6, 6.07) is 10.6. The number of nitrogens with two attached hydrogens (primary N) is 1. The molecule has 0 amide bonds. The van der Waals surface area contributed by atoms with Gasteiger partial charge in [-0.2, -0.15) is 4.98 Å². The first kappa shape index (κ1) is 20.7. The van der Waals surface area contributed by atoms with E-state index in [9.17, 15) is 14.3 Å². The summed E-state index contributed by atoms with van der Waals surface area (Å²) in [5, 5.41) is 10.5. The summed E-state index contributed by atoms with van der Waals surface area (Å²) in [6.07, 6.45) is 0. The Morgan fingerprint density at radius 3 is 2.52 bits per heavy atom. The molecule has 0 atom stereocenters. The zero-order valence-corrected chi connectivity index (χ0v) is 17.5. The van der Waals surface area contributed by atoms with E-state index in [4.69, 9.17) is 5.73 Å². The Labute approximate surface area is 180 Å². The third-order valence-electron chi connectivity index (χ3n) is 5.46. The van der Waals surface area contributed by atoms with E-state index in [-0.39, 0.29) is 22.8 Å². The fourth-order valence-corrected chi connectivity index (χ4v) is 3.63. The van der Waals surface area contributed by atoms with Crippen LogP contribution in [0.5, 0.6) is 5.75 Å². The van der Waals surface area contributed by atoms with Gasteiger partial charge in [0.2, 0.25) is 5.95 Å². The van der Waals surface area contributed by atoms with Gasteiger partial charge in [0.1, 0.15) is 17.4 Å². The van der Waals surface area contributed by atoms with E-state index in [0.717, 1.165) is 31.7 Å². The van der Waals surface area contributed by atoms with Crippen LogP contribution in [0.15, 0.2) is 42.5 Å². The van der Waals surface area contributed by atoms with E-state index in [1.54, 1.807) is 19.1 Å². The molecule has 31 heavy (non-hydrogen) atoms. The van der Waals surface area contributed by atoms with Crippen LogP contribution in [0.2, 0.25) is 0 Å². The number of hydrogen-bond acceptors (Lipinski definition) is 7. The number of piperazine rings is 1. The molecule has 0 unspecified atom stereocenters. The Bertz CT molecular complexity index is 1140. The van der Waals surface area contributed by atoms with E-state index in [1.807, 2.05) is 0 Å². The number of likely N-dealkylation sites (N-methyl/N-ethyl adjacent to an activating group) is 1. The van der Waals surface area contributed by atoms with Crippen molar-refractivity contribution < 1.29 is 14.3 Å². The summed E-state index contributed by atoms with van der Waals surface area (Å²) < 4.78 is 14.3. The second-order valence-electron chi connectivity index (χ2n) is 7.80. The minimum atomic E-state index is -0.580. The van der Waals surface area contributed by atoms with Gasteiger partial charge in [0.05, 0.1) is 11.3 Å². The number of carbonyl (C=O) groups is 1. The lowest BCUT2D eigenvalue weighted by Gasteiger charge is -2.33. The fourth-order valence-electron chi connectivity index (χ4n) is 3.63. The van der Waals surface area contributed by atoms with Crippen LogP contribution in [0.25, 0.3) is 11.3 Å². The van der Waals surface area contributed by atoms with Crippen LogP contribution in [0.1, 0.15) is 21.5 Å². The molecule has 160 valence electrons. The molecule has 2 aromatic carbocycles. The van der Waals surface area contributed by atoms with E-state index < -0.39 is 11.6 Å². The maximum Gasteiger partial charge on any atom is 0.222 e. The van der Waals surface area contributed by atoms with Gasteiger partial charge in [-0.1, -0.05) is 6.07 Å². The van der Waals surface area contributed by atoms with Gasteiger partial charge in [-0.15, -0.1) is 0 Å². The first-order valence-corrected chi connectivity index (χ1v) is 10.0. The van der Waals surface area contributed by atoms with Crippen molar-refractivity contribution in [2.75, 3.05) is 43.9 Å². The minimum absolute atomic E-state index is 0.0254. The Hall–Kier alpha value is -3.52. The number of nitrogen functional groups attached to an aromatic ring is 1. The van der Waals surface area contributed by atoms with Crippen molar-refractivity contribution in [1.29, 1.82) is 0 Å². The SMILES string of the molecule is Cc1ccc(C(=O)c2ccc(O)c(-c3cc(N4CCN(C)CC4)nc(N)n3)c2)c(F)c1. The molecule has 1 saturated heterocycles. The van der Waals surface area contributed by atoms with Gasteiger partial charge in [-0.3, -0.25) is 4.79 Å². The number of halogens is 1. The third-order valence-corrected chi connectivity index (χ3v) is 5.46. The highest BCUT2D eigenvalue weighted by molar-refractivity contribution is 6.10. The molecule has 7 nitrogen and oxygen atoms in total. The van der Waals surface area contributed by atoms with E-state index in [1.165, 1.54) is 30.3 Å². The molecule has 0 aliphatic carbocycles. The molecule has 2 heterocycles. The number of ketones is 1. The second kappa shape index (κ2) is 8.31. The molecule has 0 radical (unpaired) electrons. The maximum atomic E-state index is 14.3. The first-order valence-electron chi connectivity index (χ1n) is 10.0. The average Bonchev–Trinajstić information content (AvgIpc) is 2.73. The molecule has 0 spiro atoms. The number of anilines is 2. The molecule has 3 N–H and O–H groups in total. The summed E-state index contributed by atoms with van der Waals surface area (Å²) >= 11 is 0. The molecule has 1 fully saturated rings. The van der Waals surface area contributed by atoms with Crippen molar-refractivity contribution in [3.63, 3.8) is 0 Å². The van der Waals surface area contributed by atoms with Crippen molar-refractivity contribution in [3.05, 3.63) is 65.0 Å². The lowest BCUT2D eigenvalue weighted by molar-refractivity contribution is 0.103. The number of phenolic OH excluding ortho intramolecular Hbond substituents is 1. The molecular formula is C23H24FN5O2. The molecule has 3 aromatic rings. The lowest BCUT2D eigenvalue weighted by atomic mass is 9.98. The topological polar surface area (TPSA) is 95.6 Å². The summed E-state index contributed by atoms with van der Waals surface area (Å²) in [6.45, 7) is 5.15. The van der Waals surface area contributed by atoms with E-state index in [0.29, 0.717) is 17.1 Å². The lowest BCUT2D eigenvalue weighted by Crippen LogP contribution is -2.44. The maximum absolute atomic E-state index is 14.3. The van der Waals surface area contributed by atoms with Crippen molar-refractivity contribution in [2.24, 2.45) is 0 Å². The largest absolute Gasteiger partial charge is 0.507 e. The summed E-state index contributed by atoms with van der Waals surface area (Å²) in [5.74, 6) is -0.366. The summed E-state index contributed by atoms with van der Waals surface area (Å²) in [5.41, 5.74) is 7.63. The van der Waals surface area contributed by atoms with Gasteiger partial charge in [-0.25, -0.2) is 9.37 Å². The number of nitrogens with zero attached hydrogens (tertiary/aromatic N) is 4. The Kier molecular flexibility index (Phi) is 5.56. The predicted molar refractivity (Wildman–Crippen MR) is 118 cm³/mol. The van der Waals surface area contributed by atoms with E-state index >= 15 is 0 Å². The summed E-state index contributed by atoms with van der Waals surface area (Å²) in [4.78, 5) is 25.8. The fraction of sp³-hybridized carbons (Fsp3) is 0.261. The third kappa shape index (κ3) is 4.34. The number of aromatic hydroxyl groups is 1. The minimum Gasteiger partial charge on any atom is -0.507 e. The van der Waals surface area contributed by atoms with Crippen molar-refractivity contribution >= 4 is 17.5 Å². The molecule has 1 aliphatic heterocycles. The number of hydrogen-bond donors (Lipinski definition) is 2. The van der Waals surface area contributed by atoms with Gasteiger partial charge < -0.3 is 20.6 Å². The number of benzene rings is 2. The van der Waals surface area contributed by atoms with Crippen LogP contribution in [0.4, 0.5) is 16.2 Å². The van der Waals surface area contributed by atoms with Gasteiger partial charge in [0, 0.05) is 43.4 Å². The number of phenols is 1. The molecule has 4 rings (SSSR count). The molecule has 1 aliphatic rings. The zero-order valence-electron chi connectivity index (χ0n) is 17.5.